The van der Waals surface area contributed by atoms with Crippen LogP contribution in [-0.4, -0.2) is 26.7 Å². The van der Waals surface area contributed by atoms with Gasteiger partial charge in [0.05, 0.1) is 11.0 Å². The normalized spacial score (nSPS) is 19.0. The minimum absolute atomic E-state index is 0.0927. The smallest absolute Gasteiger partial charge is 0.449 e. The Morgan fingerprint density at radius 1 is 0.911 bits per heavy atom. The van der Waals surface area contributed by atoms with Crippen molar-refractivity contribution in [3.8, 4) is 16.9 Å². The number of para-hydroxylation sites is 1. The summed E-state index contributed by atoms with van der Waals surface area (Å²) in [5, 5.41) is 12.4. The van der Waals surface area contributed by atoms with E-state index in [0.717, 1.165) is 83.2 Å². The molecule has 1 heterocycles. The minimum atomic E-state index is -1.33. The van der Waals surface area contributed by atoms with Crippen molar-refractivity contribution in [1.29, 1.82) is 0 Å². The standard InChI is InChI=1S/C38H45N3O4/c1-2-3-13-36-40-33-23-22-31(39-37(42)30-20-18-28(19-21-30)27-9-5-4-6-10-27)24-34(33)41(36)25-26-14-16-29(17-15-26)32-11-7-8-12-35(32)45-38(43)44/h7-8,11-12,14-17,22-24,27-28,30H,2-6,9-10,13,18-21,25H2,1H3,(H,39,42)(H,43,44). The molecule has 2 saturated carbocycles. The van der Waals surface area contributed by atoms with Crippen LogP contribution < -0.4 is 10.1 Å². The average Bonchev–Trinajstić information content (AvgIpc) is 3.40. The predicted octanol–water partition coefficient (Wildman–Crippen LogP) is 9.48. The van der Waals surface area contributed by atoms with Crippen LogP contribution in [0.2, 0.25) is 0 Å². The number of fused-ring (bicyclic) bond motifs is 1. The topological polar surface area (TPSA) is 93.5 Å². The van der Waals surface area contributed by atoms with Gasteiger partial charge in [0, 0.05) is 30.1 Å². The van der Waals surface area contributed by atoms with Crippen LogP contribution in [-0.2, 0) is 17.8 Å². The molecule has 7 nitrogen and oxygen atoms in total. The summed E-state index contributed by atoms with van der Waals surface area (Å²) < 4.78 is 7.27. The van der Waals surface area contributed by atoms with Gasteiger partial charge in [0.1, 0.15) is 11.6 Å². The van der Waals surface area contributed by atoms with Crippen molar-refractivity contribution in [2.24, 2.45) is 17.8 Å². The molecule has 2 fully saturated rings. The highest BCUT2D eigenvalue weighted by Crippen LogP contribution is 2.40. The number of aryl methyl sites for hydroxylation is 1. The fraction of sp³-hybridized carbons (Fsp3) is 0.447. The number of amides is 1. The summed E-state index contributed by atoms with van der Waals surface area (Å²) in [7, 11) is 0. The van der Waals surface area contributed by atoms with Crippen LogP contribution in [0.4, 0.5) is 10.5 Å². The van der Waals surface area contributed by atoms with Crippen molar-refractivity contribution in [3.63, 3.8) is 0 Å². The van der Waals surface area contributed by atoms with Gasteiger partial charge in [-0.1, -0.05) is 87.9 Å². The Morgan fingerprint density at radius 3 is 2.38 bits per heavy atom. The van der Waals surface area contributed by atoms with Crippen molar-refractivity contribution in [1.82, 2.24) is 9.55 Å². The second-order valence-corrected chi connectivity index (χ2v) is 13.0. The number of nitrogens with one attached hydrogen (secondary N) is 1. The van der Waals surface area contributed by atoms with E-state index < -0.39 is 6.16 Å². The Morgan fingerprint density at radius 2 is 1.64 bits per heavy atom. The largest absolute Gasteiger partial charge is 0.511 e. The highest BCUT2D eigenvalue weighted by molar-refractivity contribution is 5.94. The Labute approximate surface area is 266 Å². The first kappa shape index (κ1) is 30.9. The van der Waals surface area contributed by atoms with Gasteiger partial charge in [-0.3, -0.25) is 4.79 Å². The van der Waals surface area contributed by atoms with Crippen LogP contribution in [0.3, 0.4) is 0 Å². The van der Waals surface area contributed by atoms with E-state index in [4.69, 9.17) is 14.8 Å². The summed E-state index contributed by atoms with van der Waals surface area (Å²) >= 11 is 0. The fourth-order valence-electron chi connectivity index (χ4n) is 7.52. The van der Waals surface area contributed by atoms with Crippen LogP contribution in [0.15, 0.2) is 66.7 Å². The molecule has 236 valence electrons. The van der Waals surface area contributed by atoms with Crippen molar-refractivity contribution in [3.05, 3.63) is 78.1 Å². The van der Waals surface area contributed by atoms with E-state index in [0.29, 0.717) is 12.3 Å². The Bertz CT molecular complexity index is 1610. The number of unbranched alkanes of at least 4 members (excludes halogenated alkanes) is 1. The molecule has 4 aromatic rings. The number of anilines is 1. The highest BCUT2D eigenvalue weighted by atomic mass is 16.7. The molecule has 1 amide bonds. The first-order chi connectivity index (χ1) is 22.0. The summed E-state index contributed by atoms with van der Waals surface area (Å²) in [6.45, 7) is 2.83. The van der Waals surface area contributed by atoms with Crippen LogP contribution in [0.5, 0.6) is 5.75 Å². The molecular formula is C38H45N3O4. The van der Waals surface area contributed by atoms with Gasteiger partial charge < -0.3 is 19.7 Å². The van der Waals surface area contributed by atoms with Gasteiger partial charge in [-0.25, -0.2) is 9.78 Å². The second kappa shape index (κ2) is 14.3. The molecule has 0 bridgehead atoms. The van der Waals surface area contributed by atoms with Gasteiger partial charge in [0.25, 0.3) is 0 Å². The maximum absolute atomic E-state index is 13.4. The maximum atomic E-state index is 13.4. The summed E-state index contributed by atoms with van der Waals surface area (Å²) in [6.07, 6.45) is 13.0. The quantitative estimate of drug-likeness (QED) is 0.138. The average molecular weight is 608 g/mol. The van der Waals surface area contributed by atoms with Crippen LogP contribution in [0, 0.1) is 17.8 Å². The molecule has 0 atom stereocenters. The third kappa shape index (κ3) is 7.41. The number of imidazole rings is 1. The number of hydrogen-bond acceptors (Lipinski definition) is 4. The SMILES string of the molecule is CCCCc1nc2ccc(NC(=O)C3CCC(C4CCCCC4)CC3)cc2n1Cc1ccc(-c2ccccc2OC(=O)O)cc1. The second-order valence-electron chi connectivity index (χ2n) is 13.0. The highest BCUT2D eigenvalue weighted by Gasteiger charge is 2.31. The summed E-state index contributed by atoms with van der Waals surface area (Å²) in [6, 6.07) is 21.4. The number of carbonyl (C=O) groups excluding carboxylic acids is 1. The molecule has 6 rings (SSSR count). The molecule has 0 saturated heterocycles. The molecular weight excluding hydrogens is 562 g/mol. The number of benzene rings is 3. The molecule has 2 N–H and O–H groups in total. The maximum Gasteiger partial charge on any atom is 0.511 e. The summed E-state index contributed by atoms with van der Waals surface area (Å²) in [5.74, 6) is 3.29. The third-order valence-electron chi connectivity index (χ3n) is 10.00. The van der Waals surface area contributed by atoms with E-state index in [9.17, 15) is 9.59 Å². The van der Waals surface area contributed by atoms with E-state index in [2.05, 4.69) is 35.0 Å². The monoisotopic (exact) mass is 607 g/mol. The first-order valence-corrected chi connectivity index (χ1v) is 16.9. The van der Waals surface area contributed by atoms with Crippen molar-refractivity contribution in [2.45, 2.75) is 90.5 Å². The lowest BCUT2D eigenvalue weighted by molar-refractivity contribution is -0.121. The van der Waals surface area contributed by atoms with Gasteiger partial charge in [-0.15, -0.1) is 0 Å². The van der Waals surface area contributed by atoms with E-state index in [-0.39, 0.29) is 11.8 Å². The number of carbonyl (C=O) groups is 2. The lowest BCUT2D eigenvalue weighted by atomic mass is 9.71. The Hall–Kier alpha value is -4.13. The summed E-state index contributed by atoms with van der Waals surface area (Å²) in [4.78, 5) is 29.5. The summed E-state index contributed by atoms with van der Waals surface area (Å²) in [5.41, 5.74) is 5.50. The Kier molecular flexibility index (Phi) is 9.82. The van der Waals surface area contributed by atoms with Gasteiger partial charge in [0.2, 0.25) is 5.91 Å². The minimum Gasteiger partial charge on any atom is -0.449 e. The van der Waals surface area contributed by atoms with Crippen molar-refractivity contribution < 1.29 is 19.4 Å². The molecule has 7 heteroatoms. The van der Waals surface area contributed by atoms with Gasteiger partial charge in [-0.05, 0) is 79.3 Å². The molecule has 0 aliphatic heterocycles. The molecule has 2 aliphatic rings. The lowest BCUT2D eigenvalue weighted by Crippen LogP contribution is -2.30. The van der Waals surface area contributed by atoms with Crippen molar-refractivity contribution in [2.75, 3.05) is 5.32 Å². The van der Waals surface area contributed by atoms with E-state index in [1.807, 2.05) is 36.4 Å². The predicted molar refractivity (Wildman–Crippen MR) is 179 cm³/mol. The van der Waals surface area contributed by atoms with Gasteiger partial charge in [0.15, 0.2) is 0 Å². The Balaban J connectivity index is 1.18. The third-order valence-corrected chi connectivity index (χ3v) is 10.00. The van der Waals surface area contributed by atoms with Gasteiger partial charge >= 0.3 is 6.16 Å². The van der Waals surface area contributed by atoms with Crippen LogP contribution in [0.25, 0.3) is 22.2 Å². The number of hydrogen-bond donors (Lipinski definition) is 2. The lowest BCUT2D eigenvalue weighted by Gasteiger charge is -2.35. The van der Waals surface area contributed by atoms with Crippen molar-refractivity contribution >= 4 is 28.8 Å². The fourth-order valence-corrected chi connectivity index (χ4v) is 7.52. The molecule has 0 unspecified atom stereocenters. The zero-order valence-corrected chi connectivity index (χ0v) is 26.3. The molecule has 45 heavy (non-hydrogen) atoms. The number of aromatic nitrogens is 2. The molecule has 0 spiro atoms. The molecule has 2 aliphatic carbocycles. The molecule has 0 radical (unpaired) electrons. The zero-order chi connectivity index (χ0) is 31.2. The van der Waals surface area contributed by atoms with E-state index >= 15 is 0 Å². The zero-order valence-electron chi connectivity index (χ0n) is 26.3. The van der Waals surface area contributed by atoms with E-state index in [1.165, 1.54) is 44.9 Å². The first-order valence-electron chi connectivity index (χ1n) is 16.9. The van der Waals surface area contributed by atoms with Gasteiger partial charge in [-0.2, -0.15) is 0 Å². The van der Waals surface area contributed by atoms with Crippen LogP contribution in [0.1, 0.15) is 88.9 Å². The number of rotatable bonds is 10. The molecule has 1 aromatic heterocycles. The number of carboxylic acid groups (broad SMARTS) is 1. The van der Waals surface area contributed by atoms with E-state index in [1.54, 1.807) is 12.1 Å². The molecule has 3 aromatic carbocycles. The number of nitrogens with zero attached hydrogens (tertiary/aromatic N) is 2. The number of ether oxygens (including phenoxy) is 1. The van der Waals surface area contributed by atoms with Crippen LogP contribution >= 0.6 is 0 Å².